The molecule has 0 unspecified atom stereocenters. The maximum Gasteiger partial charge on any atom is 0.289 e. The van der Waals surface area contributed by atoms with Gasteiger partial charge in [-0.15, -0.1) is 0 Å². The molecule has 0 spiro atoms. The number of halogens is 2. The highest BCUT2D eigenvalue weighted by Crippen LogP contribution is 2.29. The minimum absolute atomic E-state index is 0.133. The number of hydrogen-bond donors (Lipinski definition) is 1. The Morgan fingerprint density at radius 2 is 2.15 bits per heavy atom. The molecule has 0 bridgehead atoms. The van der Waals surface area contributed by atoms with Crippen LogP contribution in [0.3, 0.4) is 0 Å². The zero-order valence-corrected chi connectivity index (χ0v) is 13.4. The third-order valence-electron chi connectivity index (χ3n) is 2.12. The highest BCUT2D eigenvalue weighted by Gasteiger charge is 2.21. The molecule has 0 atom stereocenters. The van der Waals surface area contributed by atoms with Crippen LogP contribution in [0.25, 0.3) is 0 Å². The van der Waals surface area contributed by atoms with E-state index in [1.807, 2.05) is 0 Å². The molecule has 1 aromatic heterocycles. The highest BCUT2D eigenvalue weighted by molar-refractivity contribution is 9.11. The Morgan fingerprint density at radius 1 is 1.45 bits per heavy atom. The SMILES string of the molecule is O=[N+]([O-])c1cc(S(=O)(=O)Nc2ncc(Br)s2)ccc1Cl. The second-order valence-corrected chi connectivity index (χ2v) is 7.94. The lowest BCUT2D eigenvalue weighted by Gasteiger charge is -2.05. The van der Waals surface area contributed by atoms with Gasteiger partial charge in [0.2, 0.25) is 0 Å². The monoisotopic (exact) mass is 397 g/mol. The Hall–Kier alpha value is -1.23. The van der Waals surface area contributed by atoms with E-state index in [-0.39, 0.29) is 15.0 Å². The molecular weight excluding hydrogens is 394 g/mol. The number of benzene rings is 1. The van der Waals surface area contributed by atoms with Crippen molar-refractivity contribution in [3.63, 3.8) is 0 Å². The van der Waals surface area contributed by atoms with Crippen molar-refractivity contribution in [2.24, 2.45) is 0 Å². The largest absolute Gasteiger partial charge is 0.289 e. The number of nitro groups is 1. The predicted molar refractivity (Wildman–Crippen MR) is 78.7 cm³/mol. The predicted octanol–water partition coefficient (Wildman–Crippen LogP) is 3.27. The Kier molecular flexibility index (Phi) is 4.28. The van der Waals surface area contributed by atoms with Gasteiger partial charge in [-0.3, -0.25) is 14.8 Å². The molecule has 1 N–H and O–H groups in total. The first kappa shape index (κ1) is 15.2. The third-order valence-corrected chi connectivity index (χ3v) is 5.30. The number of anilines is 1. The first-order valence-corrected chi connectivity index (χ1v) is 8.35. The summed E-state index contributed by atoms with van der Waals surface area (Å²) in [5, 5.41) is 10.8. The minimum Gasteiger partial charge on any atom is -0.258 e. The summed E-state index contributed by atoms with van der Waals surface area (Å²) in [5.41, 5.74) is -0.477. The molecule has 1 aromatic carbocycles. The second kappa shape index (κ2) is 5.64. The van der Waals surface area contributed by atoms with Crippen LogP contribution in [0.4, 0.5) is 10.8 Å². The van der Waals surface area contributed by atoms with Gasteiger partial charge in [-0.05, 0) is 28.1 Å². The van der Waals surface area contributed by atoms with Gasteiger partial charge in [0.15, 0.2) is 5.13 Å². The quantitative estimate of drug-likeness (QED) is 0.629. The molecule has 0 aliphatic heterocycles. The van der Waals surface area contributed by atoms with E-state index < -0.39 is 20.6 Å². The van der Waals surface area contributed by atoms with E-state index in [1.165, 1.54) is 12.3 Å². The van der Waals surface area contributed by atoms with Crippen LogP contribution < -0.4 is 4.72 Å². The van der Waals surface area contributed by atoms with Crippen LogP contribution in [0.15, 0.2) is 33.1 Å². The summed E-state index contributed by atoms with van der Waals surface area (Å²) in [4.78, 5) is 13.6. The molecule has 0 amide bonds. The van der Waals surface area contributed by atoms with Gasteiger partial charge >= 0.3 is 0 Å². The molecule has 106 valence electrons. The summed E-state index contributed by atoms with van der Waals surface area (Å²) >= 11 is 9.86. The molecule has 20 heavy (non-hydrogen) atoms. The lowest BCUT2D eigenvalue weighted by atomic mass is 10.3. The molecule has 0 radical (unpaired) electrons. The van der Waals surface area contributed by atoms with Crippen LogP contribution in [0.2, 0.25) is 5.02 Å². The van der Waals surface area contributed by atoms with E-state index in [0.717, 1.165) is 23.5 Å². The van der Waals surface area contributed by atoms with Crippen molar-refractivity contribution in [1.82, 2.24) is 4.98 Å². The van der Waals surface area contributed by atoms with E-state index in [4.69, 9.17) is 11.6 Å². The first-order chi connectivity index (χ1) is 9.29. The van der Waals surface area contributed by atoms with Gasteiger partial charge in [0.05, 0.1) is 19.8 Å². The van der Waals surface area contributed by atoms with Crippen molar-refractivity contribution in [1.29, 1.82) is 0 Å². The minimum atomic E-state index is -3.96. The van der Waals surface area contributed by atoms with Crippen LogP contribution in [0.1, 0.15) is 0 Å². The van der Waals surface area contributed by atoms with Crippen molar-refractivity contribution in [3.8, 4) is 0 Å². The summed E-state index contributed by atoms with van der Waals surface area (Å²) < 4.78 is 27.0. The highest BCUT2D eigenvalue weighted by atomic mass is 79.9. The topological polar surface area (TPSA) is 102 Å². The van der Waals surface area contributed by atoms with Gasteiger partial charge in [-0.2, -0.15) is 0 Å². The van der Waals surface area contributed by atoms with Crippen molar-refractivity contribution >= 4 is 59.7 Å². The molecule has 0 aliphatic carbocycles. The van der Waals surface area contributed by atoms with Gasteiger partial charge in [-0.1, -0.05) is 22.9 Å². The molecule has 0 saturated heterocycles. The van der Waals surface area contributed by atoms with Gasteiger partial charge < -0.3 is 0 Å². The molecule has 0 fully saturated rings. The summed E-state index contributed by atoms with van der Waals surface area (Å²) in [6.45, 7) is 0. The van der Waals surface area contributed by atoms with Crippen LogP contribution >= 0.6 is 38.9 Å². The van der Waals surface area contributed by atoms with Gasteiger partial charge in [0, 0.05) is 6.07 Å². The zero-order valence-electron chi connectivity index (χ0n) is 9.41. The van der Waals surface area contributed by atoms with Crippen molar-refractivity contribution in [3.05, 3.63) is 43.3 Å². The molecule has 1 heterocycles. The molecule has 2 rings (SSSR count). The van der Waals surface area contributed by atoms with Crippen molar-refractivity contribution in [2.45, 2.75) is 4.90 Å². The number of rotatable bonds is 4. The third kappa shape index (κ3) is 3.26. The smallest absolute Gasteiger partial charge is 0.258 e. The second-order valence-electron chi connectivity index (χ2n) is 3.45. The Morgan fingerprint density at radius 3 is 2.70 bits per heavy atom. The standard InChI is InChI=1S/C9H5BrClN3O4S2/c10-8-4-12-9(19-8)13-20(17,18)5-1-2-6(11)7(3-5)14(15)16/h1-4H,(H,12,13). The fourth-order valence-corrected chi connectivity index (χ4v) is 3.83. The lowest BCUT2D eigenvalue weighted by Crippen LogP contribution is -2.13. The summed E-state index contributed by atoms with van der Waals surface area (Å²) in [6.07, 6.45) is 1.44. The van der Waals surface area contributed by atoms with Gasteiger partial charge in [0.1, 0.15) is 5.02 Å². The maximum atomic E-state index is 12.1. The van der Waals surface area contributed by atoms with Crippen molar-refractivity contribution in [2.75, 3.05) is 4.72 Å². The van der Waals surface area contributed by atoms with E-state index in [2.05, 4.69) is 25.6 Å². The number of nitrogens with one attached hydrogen (secondary N) is 1. The maximum absolute atomic E-state index is 12.1. The Labute approximate surface area is 130 Å². The molecule has 0 aliphatic rings. The number of nitrogens with zero attached hydrogens (tertiary/aromatic N) is 2. The van der Waals surface area contributed by atoms with E-state index in [9.17, 15) is 18.5 Å². The number of sulfonamides is 1. The zero-order chi connectivity index (χ0) is 14.9. The number of hydrogen-bond acceptors (Lipinski definition) is 6. The average Bonchev–Trinajstić information content (AvgIpc) is 2.73. The Balaban J connectivity index is 2.39. The molecule has 0 saturated carbocycles. The van der Waals surface area contributed by atoms with Crippen LogP contribution in [0.5, 0.6) is 0 Å². The number of nitro benzene ring substituents is 1. The normalized spacial score (nSPS) is 11.3. The van der Waals surface area contributed by atoms with E-state index >= 15 is 0 Å². The fourth-order valence-electron chi connectivity index (χ4n) is 1.28. The van der Waals surface area contributed by atoms with Crippen LogP contribution in [-0.2, 0) is 10.0 Å². The van der Waals surface area contributed by atoms with E-state index in [0.29, 0.717) is 3.79 Å². The van der Waals surface area contributed by atoms with Crippen molar-refractivity contribution < 1.29 is 13.3 Å². The Bertz CT molecular complexity index is 777. The lowest BCUT2D eigenvalue weighted by molar-refractivity contribution is -0.384. The summed E-state index contributed by atoms with van der Waals surface area (Å²) in [7, 11) is -3.96. The first-order valence-electron chi connectivity index (χ1n) is 4.88. The number of aromatic nitrogens is 1. The van der Waals surface area contributed by atoms with Gasteiger partial charge in [-0.25, -0.2) is 13.4 Å². The van der Waals surface area contributed by atoms with Crippen LogP contribution in [0, 0.1) is 10.1 Å². The fraction of sp³-hybridized carbons (Fsp3) is 0. The molecule has 7 nitrogen and oxygen atoms in total. The van der Waals surface area contributed by atoms with Crippen LogP contribution in [-0.4, -0.2) is 18.3 Å². The molecule has 11 heteroatoms. The van der Waals surface area contributed by atoms with Gasteiger partial charge in [0.25, 0.3) is 15.7 Å². The number of thiazole rings is 1. The summed E-state index contributed by atoms with van der Waals surface area (Å²) in [6, 6.07) is 3.24. The molecule has 2 aromatic rings. The summed E-state index contributed by atoms with van der Waals surface area (Å²) in [5.74, 6) is 0. The van der Waals surface area contributed by atoms with E-state index in [1.54, 1.807) is 0 Å². The average molecular weight is 399 g/mol. The molecular formula is C9H5BrClN3O4S2.